The van der Waals surface area contributed by atoms with Gasteiger partial charge in [0.1, 0.15) is 5.82 Å². The van der Waals surface area contributed by atoms with E-state index in [-0.39, 0.29) is 6.61 Å². The normalized spacial score (nSPS) is 21.2. The zero-order chi connectivity index (χ0) is 11.5. The molecule has 0 spiro atoms. The summed E-state index contributed by atoms with van der Waals surface area (Å²) < 4.78 is 0. The van der Waals surface area contributed by atoms with E-state index in [0.29, 0.717) is 5.92 Å². The monoisotopic (exact) mass is 221 g/mol. The van der Waals surface area contributed by atoms with E-state index in [9.17, 15) is 5.11 Å². The van der Waals surface area contributed by atoms with Gasteiger partial charge in [-0.2, -0.15) is 0 Å². The molecule has 1 atom stereocenters. The number of aryl methyl sites for hydroxylation is 2. The van der Waals surface area contributed by atoms with Gasteiger partial charge in [-0.1, -0.05) is 0 Å². The average molecular weight is 221 g/mol. The van der Waals surface area contributed by atoms with Crippen molar-refractivity contribution in [1.29, 1.82) is 0 Å². The van der Waals surface area contributed by atoms with Gasteiger partial charge >= 0.3 is 0 Å². The van der Waals surface area contributed by atoms with E-state index < -0.39 is 0 Å². The summed E-state index contributed by atoms with van der Waals surface area (Å²) in [5, 5.41) is 9.22. The first-order valence-electron chi connectivity index (χ1n) is 5.86. The second kappa shape index (κ2) is 4.78. The van der Waals surface area contributed by atoms with E-state index in [1.54, 1.807) is 6.20 Å². The topological polar surface area (TPSA) is 49.2 Å². The fraction of sp³-hybridized carbons (Fsp3) is 0.667. The Labute approximate surface area is 96.3 Å². The standard InChI is InChI=1S/C12H19N3O/c1-9-6-13-10(2)12(14-9)15-5-3-4-11(7-15)8-16/h6,11,16H,3-5,7-8H2,1-2H3. The van der Waals surface area contributed by atoms with Gasteiger partial charge in [0.25, 0.3) is 0 Å². The molecule has 0 bridgehead atoms. The van der Waals surface area contributed by atoms with Gasteiger partial charge in [0.2, 0.25) is 0 Å². The number of rotatable bonds is 2. The molecule has 1 fully saturated rings. The molecule has 4 heteroatoms. The first-order chi connectivity index (χ1) is 7.70. The Kier molecular flexibility index (Phi) is 3.39. The Bertz CT molecular complexity index is 367. The summed E-state index contributed by atoms with van der Waals surface area (Å²) in [5.41, 5.74) is 1.93. The Balaban J connectivity index is 2.19. The molecule has 2 rings (SSSR count). The molecule has 0 amide bonds. The molecule has 1 aliphatic heterocycles. The number of hydrogen-bond acceptors (Lipinski definition) is 4. The summed E-state index contributed by atoms with van der Waals surface area (Å²) in [6.07, 6.45) is 4.04. The van der Waals surface area contributed by atoms with E-state index in [1.165, 1.54) is 0 Å². The third-order valence-corrected chi connectivity index (χ3v) is 3.13. The highest BCUT2D eigenvalue weighted by Crippen LogP contribution is 2.23. The van der Waals surface area contributed by atoms with E-state index in [0.717, 1.165) is 43.1 Å². The molecule has 1 aliphatic rings. The number of piperidine rings is 1. The van der Waals surface area contributed by atoms with Crippen LogP contribution in [0.2, 0.25) is 0 Å². The fourth-order valence-corrected chi connectivity index (χ4v) is 2.23. The van der Waals surface area contributed by atoms with E-state index in [2.05, 4.69) is 14.9 Å². The molecular formula is C12H19N3O. The highest BCUT2D eigenvalue weighted by molar-refractivity contribution is 5.43. The molecular weight excluding hydrogens is 202 g/mol. The largest absolute Gasteiger partial charge is 0.396 e. The van der Waals surface area contributed by atoms with Gasteiger partial charge in [-0.15, -0.1) is 0 Å². The molecule has 0 saturated carbocycles. The van der Waals surface area contributed by atoms with E-state index in [4.69, 9.17) is 0 Å². The number of anilines is 1. The maximum absolute atomic E-state index is 9.22. The van der Waals surface area contributed by atoms with Crippen LogP contribution >= 0.6 is 0 Å². The fourth-order valence-electron chi connectivity index (χ4n) is 2.23. The van der Waals surface area contributed by atoms with Crippen molar-refractivity contribution in [2.45, 2.75) is 26.7 Å². The number of nitrogens with zero attached hydrogens (tertiary/aromatic N) is 3. The lowest BCUT2D eigenvalue weighted by Crippen LogP contribution is -2.37. The van der Waals surface area contributed by atoms with Gasteiger partial charge in [0.05, 0.1) is 11.4 Å². The molecule has 1 saturated heterocycles. The average Bonchev–Trinajstić information content (AvgIpc) is 2.32. The van der Waals surface area contributed by atoms with Crippen molar-refractivity contribution >= 4 is 5.82 Å². The number of aromatic nitrogens is 2. The van der Waals surface area contributed by atoms with Crippen LogP contribution in [-0.4, -0.2) is 34.8 Å². The van der Waals surface area contributed by atoms with Crippen molar-refractivity contribution in [3.05, 3.63) is 17.6 Å². The highest BCUT2D eigenvalue weighted by atomic mass is 16.3. The minimum Gasteiger partial charge on any atom is -0.396 e. The van der Waals surface area contributed by atoms with Crippen LogP contribution in [0.3, 0.4) is 0 Å². The molecule has 4 nitrogen and oxygen atoms in total. The Hall–Kier alpha value is -1.16. The molecule has 2 heterocycles. The van der Waals surface area contributed by atoms with Crippen molar-refractivity contribution in [3.63, 3.8) is 0 Å². The molecule has 0 radical (unpaired) electrons. The molecule has 1 N–H and O–H groups in total. The van der Waals surface area contributed by atoms with Gasteiger partial charge in [0.15, 0.2) is 0 Å². The van der Waals surface area contributed by atoms with Crippen LogP contribution in [0.5, 0.6) is 0 Å². The zero-order valence-corrected chi connectivity index (χ0v) is 9.98. The maximum Gasteiger partial charge on any atom is 0.150 e. The van der Waals surface area contributed by atoms with Crippen LogP contribution in [0.15, 0.2) is 6.20 Å². The molecule has 1 aromatic heterocycles. The number of hydrogen-bond donors (Lipinski definition) is 1. The van der Waals surface area contributed by atoms with Crippen molar-refractivity contribution in [3.8, 4) is 0 Å². The summed E-state index contributed by atoms with van der Waals surface area (Å²) >= 11 is 0. The number of aliphatic hydroxyl groups excluding tert-OH is 1. The lowest BCUT2D eigenvalue weighted by Gasteiger charge is -2.33. The lowest BCUT2D eigenvalue weighted by atomic mass is 9.99. The third kappa shape index (κ3) is 2.32. The van der Waals surface area contributed by atoms with Crippen LogP contribution in [0.25, 0.3) is 0 Å². The van der Waals surface area contributed by atoms with Crippen LogP contribution in [0.1, 0.15) is 24.2 Å². The maximum atomic E-state index is 9.22. The molecule has 0 aromatic carbocycles. The second-order valence-corrected chi connectivity index (χ2v) is 4.56. The zero-order valence-electron chi connectivity index (χ0n) is 9.98. The van der Waals surface area contributed by atoms with Gasteiger partial charge in [-0.3, -0.25) is 4.98 Å². The molecule has 16 heavy (non-hydrogen) atoms. The first-order valence-corrected chi connectivity index (χ1v) is 5.86. The quantitative estimate of drug-likeness (QED) is 0.818. The summed E-state index contributed by atoms with van der Waals surface area (Å²) in [6.45, 7) is 6.15. The molecule has 88 valence electrons. The van der Waals surface area contributed by atoms with Crippen molar-refractivity contribution < 1.29 is 5.11 Å². The molecule has 1 unspecified atom stereocenters. The number of aliphatic hydroxyl groups is 1. The smallest absolute Gasteiger partial charge is 0.150 e. The minimum absolute atomic E-state index is 0.273. The van der Waals surface area contributed by atoms with Crippen molar-refractivity contribution in [2.24, 2.45) is 5.92 Å². The molecule has 0 aliphatic carbocycles. The summed E-state index contributed by atoms with van der Waals surface area (Å²) in [7, 11) is 0. The van der Waals surface area contributed by atoms with Gasteiger partial charge in [-0.25, -0.2) is 4.98 Å². The second-order valence-electron chi connectivity index (χ2n) is 4.56. The van der Waals surface area contributed by atoms with Gasteiger partial charge in [-0.05, 0) is 32.6 Å². The lowest BCUT2D eigenvalue weighted by molar-refractivity contribution is 0.208. The summed E-state index contributed by atoms with van der Waals surface area (Å²) in [5.74, 6) is 1.37. The van der Waals surface area contributed by atoms with Crippen LogP contribution in [0, 0.1) is 19.8 Å². The van der Waals surface area contributed by atoms with Crippen molar-refractivity contribution in [2.75, 3.05) is 24.6 Å². The predicted molar refractivity (Wildman–Crippen MR) is 63.5 cm³/mol. The SMILES string of the molecule is Cc1cnc(C)c(N2CCCC(CO)C2)n1. The minimum atomic E-state index is 0.273. The molecule has 1 aromatic rings. The van der Waals surface area contributed by atoms with Crippen LogP contribution in [0.4, 0.5) is 5.82 Å². The van der Waals surface area contributed by atoms with Crippen molar-refractivity contribution in [1.82, 2.24) is 9.97 Å². The van der Waals surface area contributed by atoms with Gasteiger partial charge in [0, 0.05) is 25.9 Å². The highest BCUT2D eigenvalue weighted by Gasteiger charge is 2.21. The van der Waals surface area contributed by atoms with Crippen LogP contribution < -0.4 is 4.90 Å². The van der Waals surface area contributed by atoms with Gasteiger partial charge < -0.3 is 10.0 Å². The third-order valence-electron chi connectivity index (χ3n) is 3.13. The van der Waals surface area contributed by atoms with E-state index in [1.807, 2.05) is 13.8 Å². The Morgan fingerprint density at radius 1 is 1.50 bits per heavy atom. The summed E-state index contributed by atoms with van der Waals surface area (Å²) in [4.78, 5) is 11.1. The Morgan fingerprint density at radius 2 is 2.31 bits per heavy atom. The first kappa shape index (κ1) is 11.3. The Morgan fingerprint density at radius 3 is 3.06 bits per heavy atom. The van der Waals surface area contributed by atoms with Crippen LogP contribution in [-0.2, 0) is 0 Å². The summed E-state index contributed by atoms with van der Waals surface area (Å²) in [6, 6.07) is 0. The predicted octanol–water partition coefficient (Wildman–Crippen LogP) is 1.30. The van der Waals surface area contributed by atoms with E-state index >= 15 is 0 Å².